The summed E-state index contributed by atoms with van der Waals surface area (Å²) in [6, 6.07) is 8.27. The topological polar surface area (TPSA) is 35.2 Å². The van der Waals surface area contributed by atoms with Crippen molar-refractivity contribution in [2.45, 2.75) is 39.2 Å². The van der Waals surface area contributed by atoms with Crippen LogP contribution < -0.4 is 10.5 Å². The molecule has 1 aromatic carbocycles. The molecule has 0 radical (unpaired) electrons. The maximum Gasteiger partial charge on any atom is 0.119 e. The minimum atomic E-state index is 0.167. The van der Waals surface area contributed by atoms with E-state index in [0.717, 1.165) is 12.2 Å². The van der Waals surface area contributed by atoms with Crippen molar-refractivity contribution < 1.29 is 4.74 Å². The Kier molecular flexibility index (Phi) is 5.19. The Morgan fingerprint density at radius 1 is 1.20 bits per heavy atom. The van der Waals surface area contributed by atoms with E-state index in [4.69, 9.17) is 10.5 Å². The smallest absolute Gasteiger partial charge is 0.119 e. The summed E-state index contributed by atoms with van der Waals surface area (Å²) in [5.41, 5.74) is 7.27. The van der Waals surface area contributed by atoms with E-state index in [9.17, 15) is 0 Å². The minimum Gasteiger partial charge on any atom is -0.494 e. The number of rotatable bonds is 6. The van der Waals surface area contributed by atoms with Crippen molar-refractivity contribution in [3.05, 3.63) is 29.8 Å². The standard InChI is InChI=1S/C13H21NO/c1-3-5-6-13(14)11-7-9-12(10-8-11)15-4-2/h7-10,13H,3-6,14H2,1-2H3/t13-/m1/s1. The van der Waals surface area contributed by atoms with Gasteiger partial charge in [0.1, 0.15) is 5.75 Å². The summed E-state index contributed by atoms with van der Waals surface area (Å²) in [5.74, 6) is 0.920. The molecule has 2 N–H and O–H groups in total. The molecule has 1 aromatic rings. The zero-order chi connectivity index (χ0) is 11.1. The Hall–Kier alpha value is -1.02. The van der Waals surface area contributed by atoms with Gasteiger partial charge in [-0.15, -0.1) is 0 Å². The lowest BCUT2D eigenvalue weighted by Crippen LogP contribution is -2.09. The molecule has 0 fully saturated rings. The van der Waals surface area contributed by atoms with E-state index in [0.29, 0.717) is 6.61 Å². The molecular weight excluding hydrogens is 186 g/mol. The molecule has 0 spiro atoms. The summed E-state index contributed by atoms with van der Waals surface area (Å²) in [5, 5.41) is 0. The minimum absolute atomic E-state index is 0.167. The quantitative estimate of drug-likeness (QED) is 0.777. The first kappa shape index (κ1) is 12.1. The highest BCUT2D eigenvalue weighted by Gasteiger charge is 2.04. The van der Waals surface area contributed by atoms with Gasteiger partial charge in [0.15, 0.2) is 0 Å². The Morgan fingerprint density at radius 3 is 2.40 bits per heavy atom. The average molecular weight is 207 g/mol. The molecule has 2 heteroatoms. The Bertz CT molecular complexity index is 268. The third-order valence-electron chi connectivity index (χ3n) is 2.49. The molecular formula is C13H21NO. The van der Waals surface area contributed by atoms with Crippen LogP contribution in [0.4, 0.5) is 0 Å². The zero-order valence-electron chi connectivity index (χ0n) is 9.70. The Balaban J connectivity index is 2.54. The largest absolute Gasteiger partial charge is 0.494 e. The number of benzene rings is 1. The molecule has 0 aliphatic carbocycles. The molecule has 1 rings (SSSR count). The second-order valence-corrected chi connectivity index (χ2v) is 3.75. The normalized spacial score (nSPS) is 12.5. The highest BCUT2D eigenvalue weighted by Crippen LogP contribution is 2.19. The molecule has 0 saturated carbocycles. The number of nitrogens with two attached hydrogens (primary N) is 1. The van der Waals surface area contributed by atoms with E-state index in [1.807, 2.05) is 19.1 Å². The van der Waals surface area contributed by atoms with Gasteiger partial charge < -0.3 is 10.5 Å². The number of hydrogen-bond donors (Lipinski definition) is 1. The molecule has 0 heterocycles. The fourth-order valence-corrected chi connectivity index (χ4v) is 1.57. The van der Waals surface area contributed by atoms with Crippen molar-refractivity contribution in [2.24, 2.45) is 5.73 Å². The van der Waals surface area contributed by atoms with Gasteiger partial charge in [0.2, 0.25) is 0 Å². The average Bonchev–Trinajstić information content (AvgIpc) is 2.27. The van der Waals surface area contributed by atoms with Crippen LogP contribution in [-0.4, -0.2) is 6.61 Å². The van der Waals surface area contributed by atoms with Crippen molar-refractivity contribution in [1.29, 1.82) is 0 Å². The molecule has 0 bridgehead atoms. The highest BCUT2D eigenvalue weighted by molar-refractivity contribution is 5.28. The van der Waals surface area contributed by atoms with Gasteiger partial charge >= 0.3 is 0 Å². The third kappa shape index (κ3) is 3.92. The van der Waals surface area contributed by atoms with Crippen molar-refractivity contribution >= 4 is 0 Å². The first-order chi connectivity index (χ1) is 7.27. The second-order valence-electron chi connectivity index (χ2n) is 3.75. The van der Waals surface area contributed by atoms with Gasteiger partial charge in [-0.05, 0) is 31.0 Å². The predicted octanol–water partition coefficient (Wildman–Crippen LogP) is 3.28. The summed E-state index contributed by atoms with van der Waals surface area (Å²) >= 11 is 0. The SMILES string of the molecule is CCCC[C@@H](N)c1ccc(OCC)cc1. The van der Waals surface area contributed by atoms with Crippen molar-refractivity contribution in [2.75, 3.05) is 6.61 Å². The van der Waals surface area contributed by atoms with Crippen LogP contribution in [0.3, 0.4) is 0 Å². The van der Waals surface area contributed by atoms with Crippen LogP contribution >= 0.6 is 0 Å². The van der Waals surface area contributed by atoms with E-state index in [2.05, 4.69) is 19.1 Å². The Morgan fingerprint density at radius 2 is 1.87 bits per heavy atom. The molecule has 0 unspecified atom stereocenters. The summed E-state index contributed by atoms with van der Waals surface area (Å²) in [6.45, 7) is 4.88. The fraction of sp³-hybridized carbons (Fsp3) is 0.538. The van der Waals surface area contributed by atoms with Gasteiger partial charge in [0.25, 0.3) is 0 Å². The molecule has 84 valence electrons. The van der Waals surface area contributed by atoms with E-state index in [1.165, 1.54) is 18.4 Å². The molecule has 0 aliphatic rings. The van der Waals surface area contributed by atoms with E-state index >= 15 is 0 Å². The van der Waals surface area contributed by atoms with Gasteiger partial charge in [0.05, 0.1) is 6.61 Å². The van der Waals surface area contributed by atoms with Gasteiger partial charge in [-0.25, -0.2) is 0 Å². The maximum absolute atomic E-state index is 6.06. The first-order valence-corrected chi connectivity index (χ1v) is 5.76. The monoisotopic (exact) mass is 207 g/mol. The third-order valence-corrected chi connectivity index (χ3v) is 2.49. The van der Waals surface area contributed by atoms with Crippen LogP contribution in [0.2, 0.25) is 0 Å². The molecule has 0 aromatic heterocycles. The van der Waals surface area contributed by atoms with Gasteiger partial charge in [-0.2, -0.15) is 0 Å². The molecule has 1 atom stereocenters. The summed E-state index contributed by atoms with van der Waals surface area (Å²) in [4.78, 5) is 0. The Labute approximate surface area is 92.4 Å². The number of unbranched alkanes of at least 4 members (excludes halogenated alkanes) is 1. The van der Waals surface area contributed by atoms with E-state index in [1.54, 1.807) is 0 Å². The van der Waals surface area contributed by atoms with E-state index in [-0.39, 0.29) is 6.04 Å². The first-order valence-electron chi connectivity index (χ1n) is 5.76. The van der Waals surface area contributed by atoms with Gasteiger partial charge in [0, 0.05) is 6.04 Å². The van der Waals surface area contributed by atoms with Gasteiger partial charge in [-0.1, -0.05) is 31.9 Å². The van der Waals surface area contributed by atoms with Crippen molar-refractivity contribution in [1.82, 2.24) is 0 Å². The lowest BCUT2D eigenvalue weighted by Gasteiger charge is -2.12. The van der Waals surface area contributed by atoms with Crippen molar-refractivity contribution in [3.63, 3.8) is 0 Å². The summed E-state index contributed by atoms with van der Waals surface area (Å²) in [6.07, 6.45) is 3.45. The zero-order valence-corrected chi connectivity index (χ0v) is 9.70. The predicted molar refractivity (Wildman–Crippen MR) is 64.1 cm³/mol. The van der Waals surface area contributed by atoms with Crippen molar-refractivity contribution in [3.8, 4) is 5.75 Å². The van der Waals surface area contributed by atoms with E-state index < -0.39 is 0 Å². The number of hydrogen-bond acceptors (Lipinski definition) is 2. The lowest BCUT2D eigenvalue weighted by molar-refractivity contribution is 0.340. The highest BCUT2D eigenvalue weighted by atomic mass is 16.5. The summed E-state index contributed by atoms with van der Waals surface area (Å²) < 4.78 is 5.38. The molecule has 0 amide bonds. The molecule has 0 saturated heterocycles. The van der Waals surface area contributed by atoms with Crippen LogP contribution in [0.15, 0.2) is 24.3 Å². The van der Waals surface area contributed by atoms with Crippen LogP contribution in [0.5, 0.6) is 5.75 Å². The summed E-state index contributed by atoms with van der Waals surface area (Å²) in [7, 11) is 0. The van der Waals surface area contributed by atoms with Crippen LogP contribution in [-0.2, 0) is 0 Å². The maximum atomic E-state index is 6.06. The molecule has 0 aliphatic heterocycles. The van der Waals surface area contributed by atoms with Crippen LogP contribution in [0.25, 0.3) is 0 Å². The van der Waals surface area contributed by atoms with Crippen LogP contribution in [0, 0.1) is 0 Å². The molecule has 2 nitrogen and oxygen atoms in total. The second kappa shape index (κ2) is 6.46. The lowest BCUT2D eigenvalue weighted by atomic mass is 10.0. The number of ether oxygens (including phenoxy) is 1. The van der Waals surface area contributed by atoms with Crippen LogP contribution in [0.1, 0.15) is 44.7 Å². The molecule has 15 heavy (non-hydrogen) atoms. The van der Waals surface area contributed by atoms with Gasteiger partial charge in [-0.3, -0.25) is 0 Å². The fourth-order valence-electron chi connectivity index (χ4n) is 1.57.